The van der Waals surface area contributed by atoms with E-state index in [-0.39, 0.29) is 24.6 Å². The first-order valence-electron chi connectivity index (χ1n) is 8.11. The second-order valence-electron chi connectivity index (χ2n) is 5.51. The molecule has 27 heavy (non-hydrogen) atoms. The van der Waals surface area contributed by atoms with Gasteiger partial charge in [0.2, 0.25) is 0 Å². The summed E-state index contributed by atoms with van der Waals surface area (Å²) in [6, 6.07) is 6.83. The molecule has 0 bridgehead atoms. The molecule has 9 nitrogen and oxygen atoms in total. The van der Waals surface area contributed by atoms with E-state index in [1.807, 2.05) is 0 Å². The maximum absolute atomic E-state index is 12.1. The van der Waals surface area contributed by atoms with Crippen LogP contribution < -0.4 is 5.32 Å². The Morgan fingerprint density at radius 3 is 2.74 bits per heavy atom. The molecule has 1 aromatic carbocycles. The zero-order chi connectivity index (χ0) is 19.8. The fourth-order valence-corrected chi connectivity index (χ4v) is 2.28. The van der Waals surface area contributed by atoms with Gasteiger partial charge in [-0.3, -0.25) is 9.59 Å². The highest BCUT2D eigenvalue weighted by molar-refractivity contribution is 6.30. The molecule has 0 radical (unpaired) electrons. The number of aromatic nitrogens is 3. The number of halogens is 1. The van der Waals surface area contributed by atoms with E-state index >= 15 is 0 Å². The molecule has 0 spiro atoms. The van der Waals surface area contributed by atoms with Gasteiger partial charge in [-0.1, -0.05) is 17.7 Å². The Kier molecular flexibility index (Phi) is 7.30. The van der Waals surface area contributed by atoms with Crippen molar-refractivity contribution in [2.24, 2.45) is 0 Å². The fourth-order valence-electron chi connectivity index (χ4n) is 2.10. The summed E-state index contributed by atoms with van der Waals surface area (Å²) in [4.78, 5) is 36.0. The van der Waals surface area contributed by atoms with Gasteiger partial charge >= 0.3 is 11.9 Å². The topological polar surface area (TPSA) is 112 Å². The predicted molar refractivity (Wildman–Crippen MR) is 95.6 cm³/mol. The highest BCUT2D eigenvalue weighted by Gasteiger charge is 2.19. The second kappa shape index (κ2) is 9.67. The summed E-state index contributed by atoms with van der Waals surface area (Å²) in [6.07, 6.45) is 0.627. The van der Waals surface area contributed by atoms with Crippen molar-refractivity contribution in [1.29, 1.82) is 0 Å². The number of hydrogen-bond donors (Lipinski definition) is 1. The first-order chi connectivity index (χ1) is 12.9. The molecule has 0 atom stereocenters. The number of rotatable bonds is 8. The Morgan fingerprint density at radius 2 is 2.04 bits per heavy atom. The number of benzene rings is 1. The third-order valence-electron chi connectivity index (χ3n) is 3.46. The number of nitrogens with one attached hydrogen (secondary N) is 1. The Balaban J connectivity index is 1.85. The quantitative estimate of drug-likeness (QED) is 0.532. The molecule has 0 aliphatic rings. The van der Waals surface area contributed by atoms with Gasteiger partial charge in [-0.05, 0) is 31.5 Å². The number of esters is 2. The van der Waals surface area contributed by atoms with E-state index in [1.54, 1.807) is 31.2 Å². The van der Waals surface area contributed by atoms with Crippen LogP contribution in [-0.2, 0) is 19.1 Å². The Hall–Kier alpha value is -2.94. The second-order valence-corrected chi connectivity index (χ2v) is 5.95. The first-order valence-corrected chi connectivity index (χ1v) is 8.49. The number of carbonyl (C=O) groups excluding carboxylic acids is 3. The van der Waals surface area contributed by atoms with Crippen LogP contribution in [0.2, 0.25) is 5.02 Å². The molecule has 2 aromatic rings. The molecule has 1 heterocycles. The average Bonchev–Trinajstić information content (AvgIpc) is 3.05. The highest BCUT2D eigenvalue weighted by Crippen LogP contribution is 2.14. The van der Waals surface area contributed by atoms with Crippen LogP contribution in [0.4, 0.5) is 0 Å². The fraction of sp³-hybridized carbons (Fsp3) is 0.353. The van der Waals surface area contributed by atoms with Crippen molar-refractivity contribution in [3.05, 3.63) is 40.7 Å². The molecule has 10 heteroatoms. The minimum absolute atomic E-state index is 0.00784. The van der Waals surface area contributed by atoms with Gasteiger partial charge in [0.25, 0.3) is 5.91 Å². The van der Waals surface area contributed by atoms with Crippen molar-refractivity contribution in [3.8, 4) is 5.69 Å². The number of hydrogen-bond acceptors (Lipinski definition) is 7. The van der Waals surface area contributed by atoms with Gasteiger partial charge in [0.1, 0.15) is 0 Å². The standard InChI is InChI=1S/C17H19ClN4O5/c1-11-16(21-22(20-11)13-6-3-5-12(18)9-13)17(25)27-10-14(23)19-8-4-7-15(24)26-2/h3,5-6,9H,4,7-8,10H2,1-2H3,(H,19,23). The maximum atomic E-state index is 12.1. The van der Waals surface area contributed by atoms with Crippen LogP contribution in [0.5, 0.6) is 0 Å². The average molecular weight is 395 g/mol. The summed E-state index contributed by atoms with van der Waals surface area (Å²) in [7, 11) is 1.30. The van der Waals surface area contributed by atoms with Gasteiger partial charge in [0.15, 0.2) is 12.3 Å². The number of methoxy groups -OCH3 is 1. The summed E-state index contributed by atoms with van der Waals surface area (Å²) < 4.78 is 9.45. The Bertz CT molecular complexity index is 836. The molecule has 0 unspecified atom stereocenters. The van der Waals surface area contributed by atoms with Crippen LogP contribution in [0.1, 0.15) is 29.0 Å². The molecule has 144 valence electrons. The summed E-state index contributed by atoms with van der Waals surface area (Å²) in [5.41, 5.74) is 0.958. The van der Waals surface area contributed by atoms with Crippen molar-refractivity contribution in [2.75, 3.05) is 20.3 Å². The summed E-state index contributed by atoms with van der Waals surface area (Å²) in [5, 5.41) is 11.3. The SMILES string of the molecule is COC(=O)CCCNC(=O)COC(=O)c1nn(-c2cccc(Cl)c2)nc1C. The van der Waals surface area contributed by atoms with Gasteiger partial charge in [0.05, 0.1) is 18.5 Å². The molecule has 1 amide bonds. The lowest BCUT2D eigenvalue weighted by Crippen LogP contribution is -2.30. The van der Waals surface area contributed by atoms with Gasteiger partial charge in [-0.2, -0.15) is 9.90 Å². The third kappa shape index (κ3) is 6.07. The van der Waals surface area contributed by atoms with Crippen LogP contribution in [-0.4, -0.2) is 53.1 Å². The molecule has 1 aromatic heterocycles. The largest absolute Gasteiger partial charge is 0.469 e. The van der Waals surface area contributed by atoms with E-state index in [0.29, 0.717) is 22.8 Å². The lowest BCUT2D eigenvalue weighted by atomic mass is 10.3. The third-order valence-corrected chi connectivity index (χ3v) is 3.69. The van der Waals surface area contributed by atoms with E-state index in [0.717, 1.165) is 0 Å². The van der Waals surface area contributed by atoms with Crippen molar-refractivity contribution in [3.63, 3.8) is 0 Å². The van der Waals surface area contributed by atoms with Crippen LogP contribution >= 0.6 is 11.6 Å². The van der Waals surface area contributed by atoms with Crippen LogP contribution in [0.15, 0.2) is 24.3 Å². The number of ether oxygens (including phenoxy) is 2. The number of nitrogens with zero attached hydrogens (tertiary/aromatic N) is 3. The molecule has 0 aliphatic heterocycles. The Labute approximate surface area is 160 Å². The van der Waals surface area contributed by atoms with E-state index < -0.39 is 18.5 Å². The van der Waals surface area contributed by atoms with Crippen molar-refractivity contribution in [1.82, 2.24) is 20.3 Å². The first kappa shape index (κ1) is 20.4. The van der Waals surface area contributed by atoms with Crippen molar-refractivity contribution < 1.29 is 23.9 Å². The summed E-state index contributed by atoms with van der Waals surface area (Å²) in [5.74, 6) is -1.59. The smallest absolute Gasteiger partial charge is 0.361 e. The Morgan fingerprint density at radius 1 is 1.26 bits per heavy atom. The van der Waals surface area contributed by atoms with Gasteiger partial charge in [-0.15, -0.1) is 5.10 Å². The molecule has 0 fully saturated rings. The minimum atomic E-state index is -0.759. The monoisotopic (exact) mass is 394 g/mol. The molecule has 1 N–H and O–H groups in total. The van der Waals surface area contributed by atoms with Gasteiger partial charge < -0.3 is 14.8 Å². The van der Waals surface area contributed by atoms with Crippen molar-refractivity contribution in [2.45, 2.75) is 19.8 Å². The molecular formula is C17H19ClN4O5. The molecule has 0 saturated carbocycles. The molecule has 0 saturated heterocycles. The van der Waals surface area contributed by atoms with Crippen molar-refractivity contribution >= 4 is 29.4 Å². The maximum Gasteiger partial charge on any atom is 0.361 e. The lowest BCUT2D eigenvalue weighted by Gasteiger charge is -2.05. The normalized spacial score (nSPS) is 10.3. The van der Waals surface area contributed by atoms with Gasteiger partial charge in [-0.25, -0.2) is 4.79 Å². The lowest BCUT2D eigenvalue weighted by molar-refractivity contribution is -0.140. The number of carbonyl (C=O) groups is 3. The van der Waals surface area contributed by atoms with E-state index in [1.165, 1.54) is 11.9 Å². The summed E-state index contributed by atoms with van der Waals surface area (Å²) >= 11 is 5.94. The molecule has 2 rings (SSSR count). The number of aryl methyl sites for hydroxylation is 1. The van der Waals surface area contributed by atoms with E-state index in [2.05, 4.69) is 20.3 Å². The zero-order valence-corrected chi connectivity index (χ0v) is 15.7. The highest BCUT2D eigenvalue weighted by atomic mass is 35.5. The predicted octanol–water partition coefficient (Wildman–Crippen LogP) is 1.46. The molecular weight excluding hydrogens is 376 g/mol. The number of amides is 1. The van der Waals surface area contributed by atoms with Crippen LogP contribution in [0.3, 0.4) is 0 Å². The van der Waals surface area contributed by atoms with E-state index in [4.69, 9.17) is 16.3 Å². The summed E-state index contributed by atoms with van der Waals surface area (Å²) in [6.45, 7) is 1.42. The molecule has 0 aliphatic carbocycles. The van der Waals surface area contributed by atoms with E-state index in [9.17, 15) is 14.4 Å². The van der Waals surface area contributed by atoms with Crippen LogP contribution in [0, 0.1) is 6.92 Å². The zero-order valence-electron chi connectivity index (χ0n) is 14.9. The van der Waals surface area contributed by atoms with Crippen LogP contribution in [0.25, 0.3) is 5.69 Å². The van der Waals surface area contributed by atoms with Gasteiger partial charge in [0, 0.05) is 18.0 Å². The minimum Gasteiger partial charge on any atom is -0.469 e.